The van der Waals surface area contributed by atoms with Gasteiger partial charge in [0.2, 0.25) is 15.9 Å². The molecule has 3 aliphatic rings. The van der Waals surface area contributed by atoms with Crippen molar-refractivity contribution < 1.29 is 17.6 Å². The molecule has 2 unspecified atom stereocenters. The lowest BCUT2D eigenvalue weighted by Crippen LogP contribution is -2.52. The van der Waals surface area contributed by atoms with Gasteiger partial charge < -0.3 is 10.6 Å². The van der Waals surface area contributed by atoms with Crippen LogP contribution in [-0.2, 0) is 20.2 Å². The van der Waals surface area contributed by atoms with Crippen LogP contribution in [0.15, 0.2) is 65.7 Å². The number of aryl methyl sites for hydroxylation is 1. The lowest BCUT2D eigenvalue weighted by atomic mass is 9.59. The molecule has 0 aliphatic carbocycles. The van der Waals surface area contributed by atoms with E-state index in [1.54, 1.807) is 24.3 Å². The molecule has 0 bridgehead atoms. The van der Waals surface area contributed by atoms with Gasteiger partial charge in [0.1, 0.15) is 11.2 Å². The molecule has 6 rings (SSSR count). The van der Waals surface area contributed by atoms with Crippen molar-refractivity contribution in [1.29, 1.82) is 0 Å². The lowest BCUT2D eigenvalue weighted by Gasteiger charge is -2.45. The summed E-state index contributed by atoms with van der Waals surface area (Å²) in [6.07, 6.45) is 2.85. The maximum Gasteiger partial charge on any atom is 0.238 e. The number of nitrogens with zero attached hydrogens (tertiary/aromatic N) is 2. The number of hydrogen-bond acceptors (Lipinski definition) is 5. The molecule has 42 heavy (non-hydrogen) atoms. The van der Waals surface area contributed by atoms with Crippen LogP contribution >= 0.6 is 23.2 Å². The highest BCUT2D eigenvalue weighted by molar-refractivity contribution is 7.88. The molecule has 0 saturated carbocycles. The summed E-state index contributed by atoms with van der Waals surface area (Å²) in [6, 6.07) is 16.7. The molecular weight excluding hydrogens is 598 g/mol. The second kappa shape index (κ2) is 10.9. The van der Waals surface area contributed by atoms with Crippen LogP contribution in [0.5, 0.6) is 0 Å². The van der Waals surface area contributed by atoms with Gasteiger partial charge >= 0.3 is 0 Å². The van der Waals surface area contributed by atoms with Crippen LogP contribution in [-0.4, -0.2) is 49.9 Å². The number of fused-ring (bicyclic) bond motifs is 2. The van der Waals surface area contributed by atoms with Gasteiger partial charge in [-0.1, -0.05) is 47.5 Å². The number of halogens is 3. The van der Waals surface area contributed by atoms with E-state index in [1.165, 1.54) is 22.7 Å². The van der Waals surface area contributed by atoms with Crippen LogP contribution in [0.25, 0.3) is 0 Å². The summed E-state index contributed by atoms with van der Waals surface area (Å²) in [7, 11) is -3.26. The minimum atomic E-state index is -3.26. The Morgan fingerprint density at radius 3 is 2.50 bits per heavy atom. The summed E-state index contributed by atoms with van der Waals surface area (Å²) in [4.78, 5) is 19.6. The van der Waals surface area contributed by atoms with Crippen LogP contribution < -0.4 is 10.6 Å². The first-order chi connectivity index (χ1) is 20.0. The van der Waals surface area contributed by atoms with Crippen molar-refractivity contribution >= 4 is 50.7 Å². The van der Waals surface area contributed by atoms with E-state index < -0.39 is 33.2 Å². The topological polar surface area (TPSA) is 90.9 Å². The van der Waals surface area contributed by atoms with Crippen LogP contribution in [0.2, 0.25) is 10.0 Å². The average molecular weight is 630 g/mol. The first-order valence-electron chi connectivity index (χ1n) is 13.9. The number of amidine groups is 1. The Morgan fingerprint density at radius 2 is 1.79 bits per heavy atom. The Bertz CT molecular complexity index is 1710. The van der Waals surface area contributed by atoms with Crippen molar-refractivity contribution in [3.05, 3.63) is 98.8 Å². The van der Waals surface area contributed by atoms with Gasteiger partial charge in [0.05, 0.1) is 18.1 Å². The van der Waals surface area contributed by atoms with Crippen molar-refractivity contribution in [3.63, 3.8) is 0 Å². The second-order valence-electron chi connectivity index (χ2n) is 11.4. The normalized spacial score (nSPS) is 24.8. The van der Waals surface area contributed by atoms with Gasteiger partial charge in [-0.15, -0.1) is 0 Å². The van der Waals surface area contributed by atoms with E-state index in [4.69, 9.17) is 28.2 Å². The Kier molecular flexibility index (Phi) is 7.58. The fourth-order valence-corrected chi connectivity index (χ4v) is 8.03. The number of benzene rings is 3. The second-order valence-corrected chi connectivity index (χ2v) is 14.2. The molecule has 7 nitrogen and oxygen atoms in total. The van der Waals surface area contributed by atoms with Crippen LogP contribution in [0, 0.1) is 12.7 Å². The number of sulfonamides is 1. The van der Waals surface area contributed by atoms with Gasteiger partial charge in [0.15, 0.2) is 0 Å². The molecule has 0 aromatic heterocycles. The first-order valence-corrected chi connectivity index (χ1v) is 16.5. The highest BCUT2D eigenvalue weighted by atomic mass is 35.5. The summed E-state index contributed by atoms with van der Waals surface area (Å²) in [6.45, 7) is 2.72. The number of piperidine rings is 1. The molecule has 1 fully saturated rings. The van der Waals surface area contributed by atoms with Crippen molar-refractivity contribution in [2.75, 3.05) is 24.7 Å². The monoisotopic (exact) mass is 628 g/mol. The molecule has 3 atom stereocenters. The molecule has 3 heterocycles. The van der Waals surface area contributed by atoms with E-state index in [-0.39, 0.29) is 11.9 Å². The predicted octanol–water partition coefficient (Wildman–Crippen LogP) is 5.97. The predicted molar refractivity (Wildman–Crippen MR) is 164 cm³/mol. The van der Waals surface area contributed by atoms with Crippen LogP contribution in [0.4, 0.5) is 10.1 Å². The minimum absolute atomic E-state index is 0.00596. The van der Waals surface area contributed by atoms with E-state index in [1.807, 2.05) is 31.2 Å². The number of amides is 1. The molecule has 1 amide bonds. The molecular formula is C31H31Cl2FN4O3S. The number of nitrogens with one attached hydrogen (secondary N) is 2. The van der Waals surface area contributed by atoms with Gasteiger partial charge in [-0.05, 0) is 78.4 Å². The molecule has 3 aromatic carbocycles. The largest absolute Gasteiger partial charge is 0.371 e. The Morgan fingerprint density at radius 1 is 1.05 bits per heavy atom. The van der Waals surface area contributed by atoms with E-state index >= 15 is 0 Å². The smallest absolute Gasteiger partial charge is 0.238 e. The zero-order valence-electron chi connectivity index (χ0n) is 23.2. The molecule has 3 aromatic rings. The molecule has 2 N–H and O–H groups in total. The van der Waals surface area contributed by atoms with Crippen LogP contribution in [0.1, 0.15) is 53.5 Å². The van der Waals surface area contributed by atoms with Crippen LogP contribution in [0.3, 0.4) is 0 Å². The fraction of sp³-hybridized carbons (Fsp3) is 0.355. The third-order valence-electron chi connectivity index (χ3n) is 8.80. The van der Waals surface area contributed by atoms with Crippen molar-refractivity contribution in [2.24, 2.45) is 4.99 Å². The van der Waals surface area contributed by atoms with E-state index in [9.17, 15) is 17.6 Å². The molecule has 0 radical (unpaired) electrons. The highest BCUT2D eigenvalue weighted by Crippen LogP contribution is 2.59. The molecule has 1 saturated heterocycles. The summed E-state index contributed by atoms with van der Waals surface area (Å²) in [5, 5.41) is 7.68. The highest BCUT2D eigenvalue weighted by Gasteiger charge is 2.60. The molecule has 11 heteroatoms. The summed E-state index contributed by atoms with van der Waals surface area (Å²) in [5.41, 5.74) is 2.44. The minimum Gasteiger partial charge on any atom is -0.371 e. The molecule has 220 valence electrons. The third kappa shape index (κ3) is 5.10. The van der Waals surface area contributed by atoms with Gasteiger partial charge in [-0.3, -0.25) is 9.79 Å². The molecule has 3 aliphatic heterocycles. The van der Waals surface area contributed by atoms with E-state index in [0.717, 1.165) is 16.7 Å². The lowest BCUT2D eigenvalue weighted by molar-refractivity contribution is -0.122. The Labute approximate surface area is 255 Å². The van der Waals surface area contributed by atoms with Gasteiger partial charge in [-0.25, -0.2) is 17.1 Å². The maximum atomic E-state index is 14.8. The SMILES string of the molecule is Cc1ccc(F)cc1C1N=C(NC2CCN(S(C)(=O)=O)CC2)CC(c2cccc(Cl)c2)[C@@]12C(=O)Nc1cc(Cl)ccc12. The fourth-order valence-electron chi connectivity index (χ4n) is 6.79. The zero-order chi connectivity index (χ0) is 29.8. The van der Waals surface area contributed by atoms with Crippen molar-refractivity contribution in [1.82, 2.24) is 9.62 Å². The standard InChI is InChI=1S/C31H31Cl2FN4O3S/c1-18-6-8-22(34)16-24(18)29-31(25-9-7-21(33)15-27(25)36-30(31)39)26(19-4-3-5-20(32)14-19)17-28(37-29)35-23-10-12-38(13-11-23)42(2,40)41/h3-9,14-16,23,26,29H,10-13,17H2,1-2H3,(H,35,37)(H,36,39)/t26?,29?,31-/m1/s1. The number of carbonyl (C=O) groups is 1. The quantitative estimate of drug-likeness (QED) is 0.372. The van der Waals surface area contributed by atoms with Gasteiger partial charge in [0.25, 0.3) is 0 Å². The molecule has 1 spiro atoms. The van der Waals surface area contributed by atoms with Crippen molar-refractivity contribution in [2.45, 2.75) is 49.6 Å². The van der Waals surface area contributed by atoms with Crippen molar-refractivity contribution in [3.8, 4) is 0 Å². The summed E-state index contributed by atoms with van der Waals surface area (Å²) >= 11 is 12.8. The number of rotatable bonds is 4. The van der Waals surface area contributed by atoms with Gasteiger partial charge in [0, 0.05) is 47.2 Å². The number of aliphatic imine (C=N–C) groups is 1. The van der Waals surface area contributed by atoms with Gasteiger partial charge in [-0.2, -0.15) is 0 Å². The Balaban J connectivity index is 1.52. The number of hydrogen-bond donors (Lipinski definition) is 2. The Hall–Kier alpha value is -2.98. The number of carbonyl (C=O) groups excluding carboxylic acids is 1. The number of anilines is 1. The summed E-state index contributed by atoms with van der Waals surface area (Å²) < 4.78 is 40.5. The van der Waals surface area contributed by atoms with E-state index in [2.05, 4.69) is 10.6 Å². The van der Waals surface area contributed by atoms with E-state index in [0.29, 0.717) is 59.5 Å². The third-order valence-corrected chi connectivity index (χ3v) is 10.6. The first kappa shape index (κ1) is 29.1. The zero-order valence-corrected chi connectivity index (χ0v) is 25.5. The summed E-state index contributed by atoms with van der Waals surface area (Å²) in [5.74, 6) is -0.374. The maximum absolute atomic E-state index is 14.8. The average Bonchev–Trinajstić information content (AvgIpc) is 3.21.